The summed E-state index contributed by atoms with van der Waals surface area (Å²) in [6.45, 7) is 5.36. The number of aryl methyl sites for hydroxylation is 2. The molecule has 1 aromatic heterocycles. The first kappa shape index (κ1) is 15.1. The molecule has 21 heavy (non-hydrogen) atoms. The molecule has 0 radical (unpaired) electrons. The molecule has 1 unspecified atom stereocenters. The van der Waals surface area contributed by atoms with E-state index in [4.69, 9.17) is 9.52 Å². The number of rotatable bonds is 4. The number of hydrogen-bond acceptors (Lipinski definition) is 4. The van der Waals surface area contributed by atoms with Crippen LogP contribution in [0.5, 0.6) is 0 Å². The molecule has 3 N–H and O–H groups in total. The van der Waals surface area contributed by atoms with Crippen LogP contribution in [-0.4, -0.2) is 28.8 Å². The van der Waals surface area contributed by atoms with E-state index < -0.39 is 0 Å². The molecule has 2 rings (SSSR count). The Balaban J connectivity index is 2.18. The zero-order valence-corrected chi connectivity index (χ0v) is 12.3. The Hall–Kier alpha value is -2.34. The van der Waals surface area contributed by atoms with Gasteiger partial charge in [0.1, 0.15) is 6.26 Å². The number of carbonyl (C=O) groups excluding carboxylic acids is 1. The van der Waals surface area contributed by atoms with Gasteiger partial charge in [-0.15, -0.1) is 0 Å². The van der Waals surface area contributed by atoms with Gasteiger partial charge in [0.25, 0.3) is 0 Å². The predicted octanol–water partition coefficient (Wildman–Crippen LogP) is 2.46. The number of urea groups is 1. The third kappa shape index (κ3) is 3.82. The normalized spacial score (nSPS) is 12.0. The number of hydrogen-bond donors (Lipinski definition) is 3. The topological polar surface area (TPSA) is 87.4 Å². The molecule has 2 aromatic rings. The van der Waals surface area contributed by atoms with Gasteiger partial charge in [-0.25, -0.2) is 9.78 Å². The first-order valence-corrected chi connectivity index (χ1v) is 6.71. The summed E-state index contributed by atoms with van der Waals surface area (Å²) in [5.74, 6) is 0.514. The van der Waals surface area contributed by atoms with Crippen molar-refractivity contribution in [3.63, 3.8) is 0 Å². The van der Waals surface area contributed by atoms with Crippen molar-refractivity contribution in [3.8, 4) is 11.5 Å². The fourth-order valence-corrected chi connectivity index (χ4v) is 1.80. The molecule has 0 bridgehead atoms. The lowest BCUT2D eigenvalue weighted by atomic mass is 10.1. The van der Waals surface area contributed by atoms with Gasteiger partial charge in [0.2, 0.25) is 5.89 Å². The van der Waals surface area contributed by atoms with Crippen LogP contribution in [0, 0.1) is 13.8 Å². The maximum atomic E-state index is 11.8. The number of anilines is 1. The summed E-state index contributed by atoms with van der Waals surface area (Å²) in [6.07, 6.45) is 1.58. The number of aliphatic hydroxyl groups is 1. The molecule has 6 nitrogen and oxygen atoms in total. The maximum Gasteiger partial charge on any atom is 0.319 e. The molecule has 0 aliphatic rings. The fourth-order valence-electron chi connectivity index (χ4n) is 1.80. The highest BCUT2D eigenvalue weighted by Gasteiger charge is 2.11. The van der Waals surface area contributed by atoms with E-state index >= 15 is 0 Å². The molecule has 0 aliphatic heterocycles. The molecule has 1 atom stereocenters. The van der Waals surface area contributed by atoms with Crippen LogP contribution >= 0.6 is 0 Å². The lowest BCUT2D eigenvalue weighted by Gasteiger charge is -2.14. The first-order valence-electron chi connectivity index (χ1n) is 6.71. The van der Waals surface area contributed by atoms with Gasteiger partial charge in [-0.1, -0.05) is 6.07 Å². The van der Waals surface area contributed by atoms with E-state index in [2.05, 4.69) is 15.6 Å². The molecular weight excluding hydrogens is 270 g/mol. The summed E-state index contributed by atoms with van der Waals surface area (Å²) in [4.78, 5) is 16.1. The van der Waals surface area contributed by atoms with E-state index in [1.165, 1.54) is 0 Å². The zero-order valence-electron chi connectivity index (χ0n) is 12.3. The number of nitrogens with zero attached hydrogens (tertiary/aromatic N) is 1. The fraction of sp³-hybridized carbons (Fsp3) is 0.333. The Kier molecular flexibility index (Phi) is 4.59. The molecule has 2 amide bonds. The van der Waals surface area contributed by atoms with E-state index in [9.17, 15) is 4.79 Å². The van der Waals surface area contributed by atoms with Gasteiger partial charge in [-0.3, -0.25) is 0 Å². The van der Waals surface area contributed by atoms with E-state index in [1.807, 2.05) is 32.0 Å². The van der Waals surface area contributed by atoms with Gasteiger partial charge in [-0.2, -0.15) is 0 Å². The SMILES string of the molecule is Cc1coc(-c2ccc(C)c(NC(=O)NC(C)CO)c2)n1. The van der Waals surface area contributed by atoms with Crippen LogP contribution in [0.2, 0.25) is 0 Å². The molecule has 1 heterocycles. The number of nitrogens with one attached hydrogen (secondary N) is 2. The summed E-state index contributed by atoms with van der Waals surface area (Å²) >= 11 is 0. The van der Waals surface area contributed by atoms with Crippen LogP contribution in [0.4, 0.5) is 10.5 Å². The Morgan fingerprint density at radius 1 is 1.43 bits per heavy atom. The van der Waals surface area contributed by atoms with Crippen molar-refractivity contribution in [2.24, 2.45) is 0 Å². The molecule has 0 aliphatic carbocycles. The lowest BCUT2D eigenvalue weighted by Crippen LogP contribution is -2.38. The van der Waals surface area contributed by atoms with Gasteiger partial charge in [0, 0.05) is 11.3 Å². The van der Waals surface area contributed by atoms with Gasteiger partial charge in [0.05, 0.1) is 18.3 Å². The Morgan fingerprint density at radius 3 is 2.81 bits per heavy atom. The van der Waals surface area contributed by atoms with Crippen molar-refractivity contribution in [2.75, 3.05) is 11.9 Å². The van der Waals surface area contributed by atoms with E-state index in [1.54, 1.807) is 13.2 Å². The average molecular weight is 289 g/mol. The minimum atomic E-state index is -0.361. The highest BCUT2D eigenvalue weighted by Crippen LogP contribution is 2.24. The molecule has 1 aromatic carbocycles. The van der Waals surface area contributed by atoms with Crippen molar-refractivity contribution in [1.29, 1.82) is 0 Å². The lowest BCUT2D eigenvalue weighted by molar-refractivity contribution is 0.229. The first-order chi connectivity index (χ1) is 9.99. The number of aromatic nitrogens is 1. The molecule has 0 spiro atoms. The van der Waals surface area contributed by atoms with Crippen LogP contribution in [0.25, 0.3) is 11.5 Å². The van der Waals surface area contributed by atoms with E-state index in [0.29, 0.717) is 11.6 Å². The summed E-state index contributed by atoms with van der Waals surface area (Å²) in [5, 5.41) is 14.3. The minimum absolute atomic E-state index is 0.109. The standard InChI is InChI=1S/C15H19N3O3/c1-9-4-5-12(14-16-11(3)8-21-14)6-13(9)18-15(20)17-10(2)7-19/h4-6,8,10,19H,7H2,1-3H3,(H2,17,18,20). The van der Waals surface area contributed by atoms with Crippen molar-refractivity contribution < 1.29 is 14.3 Å². The Labute approximate surface area is 123 Å². The summed E-state index contributed by atoms with van der Waals surface area (Å²) in [7, 11) is 0. The average Bonchev–Trinajstić information content (AvgIpc) is 2.87. The summed E-state index contributed by atoms with van der Waals surface area (Å²) in [6, 6.07) is 4.92. The summed E-state index contributed by atoms with van der Waals surface area (Å²) in [5.41, 5.74) is 3.19. The number of oxazole rings is 1. The molecule has 0 saturated carbocycles. The monoisotopic (exact) mass is 289 g/mol. The highest BCUT2D eigenvalue weighted by atomic mass is 16.3. The smallest absolute Gasteiger partial charge is 0.319 e. The highest BCUT2D eigenvalue weighted by molar-refractivity contribution is 5.91. The maximum absolute atomic E-state index is 11.8. The Bertz CT molecular complexity index is 637. The van der Waals surface area contributed by atoms with Crippen molar-refractivity contribution >= 4 is 11.7 Å². The second-order valence-corrected chi connectivity index (χ2v) is 5.01. The zero-order chi connectivity index (χ0) is 15.4. The van der Waals surface area contributed by atoms with E-state index in [-0.39, 0.29) is 18.7 Å². The van der Waals surface area contributed by atoms with Gasteiger partial charge in [0.15, 0.2) is 0 Å². The minimum Gasteiger partial charge on any atom is -0.444 e. The third-order valence-electron chi connectivity index (χ3n) is 3.00. The number of aliphatic hydroxyl groups excluding tert-OH is 1. The van der Waals surface area contributed by atoms with Gasteiger partial charge < -0.3 is 20.2 Å². The number of carbonyl (C=O) groups is 1. The molecule has 0 saturated heterocycles. The molecule has 6 heteroatoms. The second-order valence-electron chi connectivity index (χ2n) is 5.01. The van der Waals surface area contributed by atoms with Crippen LogP contribution in [0.15, 0.2) is 28.9 Å². The molecular formula is C15H19N3O3. The number of benzene rings is 1. The van der Waals surface area contributed by atoms with Crippen molar-refractivity contribution in [1.82, 2.24) is 10.3 Å². The molecule has 0 fully saturated rings. The summed E-state index contributed by atoms with van der Waals surface area (Å²) < 4.78 is 5.36. The van der Waals surface area contributed by atoms with Crippen LogP contribution < -0.4 is 10.6 Å². The van der Waals surface area contributed by atoms with E-state index in [0.717, 1.165) is 16.8 Å². The number of amides is 2. The third-order valence-corrected chi connectivity index (χ3v) is 3.00. The second kappa shape index (κ2) is 6.41. The van der Waals surface area contributed by atoms with Gasteiger partial charge >= 0.3 is 6.03 Å². The van der Waals surface area contributed by atoms with Crippen molar-refractivity contribution in [2.45, 2.75) is 26.8 Å². The van der Waals surface area contributed by atoms with Crippen LogP contribution in [0.1, 0.15) is 18.2 Å². The van der Waals surface area contributed by atoms with Crippen LogP contribution in [-0.2, 0) is 0 Å². The molecule has 112 valence electrons. The van der Waals surface area contributed by atoms with Crippen LogP contribution in [0.3, 0.4) is 0 Å². The van der Waals surface area contributed by atoms with Crippen molar-refractivity contribution in [3.05, 3.63) is 35.7 Å². The predicted molar refractivity (Wildman–Crippen MR) is 80.1 cm³/mol. The van der Waals surface area contributed by atoms with Gasteiger partial charge in [-0.05, 0) is 38.5 Å². The largest absolute Gasteiger partial charge is 0.444 e. The Morgan fingerprint density at radius 2 is 2.19 bits per heavy atom. The quantitative estimate of drug-likeness (QED) is 0.807.